The van der Waals surface area contributed by atoms with Gasteiger partial charge in [0.1, 0.15) is 0 Å². The van der Waals surface area contributed by atoms with Crippen LogP contribution in [0.25, 0.3) is 0 Å². The van der Waals surface area contributed by atoms with E-state index < -0.39 is 0 Å². The van der Waals surface area contributed by atoms with Crippen LogP contribution in [-0.4, -0.2) is 16.5 Å². The fourth-order valence-corrected chi connectivity index (χ4v) is 0.691. The SMILES string of the molecule is Br.C=CN1C=CN(C=C)C1. The largest absolute Gasteiger partial charge is 0.335 e. The first-order valence-electron chi connectivity index (χ1n) is 2.82. The zero-order chi connectivity index (χ0) is 6.69. The second kappa shape index (κ2) is 4.17. The van der Waals surface area contributed by atoms with Crippen LogP contribution in [0.15, 0.2) is 38.0 Å². The Bertz CT molecular complexity index is 138. The van der Waals surface area contributed by atoms with E-state index in [1.54, 1.807) is 12.4 Å². The summed E-state index contributed by atoms with van der Waals surface area (Å²) in [6.07, 6.45) is 7.46. The van der Waals surface area contributed by atoms with Crippen molar-refractivity contribution in [3.05, 3.63) is 38.0 Å². The van der Waals surface area contributed by atoms with Gasteiger partial charge < -0.3 is 9.80 Å². The van der Waals surface area contributed by atoms with Crippen molar-refractivity contribution >= 4 is 17.0 Å². The summed E-state index contributed by atoms with van der Waals surface area (Å²) in [5, 5.41) is 0. The van der Waals surface area contributed by atoms with Gasteiger partial charge in [-0.05, 0) is 12.4 Å². The third-order valence-corrected chi connectivity index (χ3v) is 1.25. The molecule has 0 aromatic rings. The average Bonchev–Trinajstić information content (AvgIpc) is 2.34. The van der Waals surface area contributed by atoms with Crippen LogP contribution < -0.4 is 0 Å². The number of hydrogen-bond acceptors (Lipinski definition) is 2. The summed E-state index contributed by atoms with van der Waals surface area (Å²) in [4.78, 5) is 3.95. The summed E-state index contributed by atoms with van der Waals surface area (Å²) in [5.74, 6) is 0. The molecule has 0 saturated carbocycles. The van der Waals surface area contributed by atoms with Gasteiger partial charge in [-0.25, -0.2) is 0 Å². The third-order valence-electron chi connectivity index (χ3n) is 1.25. The van der Waals surface area contributed by atoms with Crippen molar-refractivity contribution in [3.63, 3.8) is 0 Å². The highest BCUT2D eigenvalue weighted by Crippen LogP contribution is 2.04. The summed E-state index contributed by atoms with van der Waals surface area (Å²) in [6, 6.07) is 0. The lowest BCUT2D eigenvalue weighted by Gasteiger charge is -2.12. The Morgan fingerprint density at radius 1 is 1.10 bits per heavy atom. The summed E-state index contributed by atoms with van der Waals surface area (Å²) in [6.45, 7) is 8.09. The van der Waals surface area contributed by atoms with Gasteiger partial charge in [0.15, 0.2) is 0 Å². The van der Waals surface area contributed by atoms with Crippen molar-refractivity contribution in [1.29, 1.82) is 0 Å². The van der Waals surface area contributed by atoms with E-state index >= 15 is 0 Å². The Balaban J connectivity index is 0.000000810. The average molecular weight is 203 g/mol. The lowest BCUT2D eigenvalue weighted by atomic mass is 10.8. The fourth-order valence-electron chi connectivity index (χ4n) is 0.691. The second-order valence-electron chi connectivity index (χ2n) is 1.83. The summed E-state index contributed by atoms with van der Waals surface area (Å²) in [7, 11) is 0. The molecule has 1 rings (SSSR count). The predicted octanol–water partition coefficient (Wildman–Crippen LogP) is 1.90. The zero-order valence-electron chi connectivity index (χ0n) is 5.73. The molecule has 1 heterocycles. The van der Waals surface area contributed by atoms with E-state index in [2.05, 4.69) is 13.2 Å². The Kier molecular flexibility index (Phi) is 3.88. The molecule has 0 spiro atoms. The number of rotatable bonds is 2. The smallest absolute Gasteiger partial charge is 0.0977 e. The quantitative estimate of drug-likeness (QED) is 0.676. The van der Waals surface area contributed by atoms with Gasteiger partial charge in [0.05, 0.1) is 6.67 Å². The first kappa shape index (κ1) is 9.30. The molecule has 1 aliphatic rings. The fraction of sp³-hybridized carbons (Fsp3) is 0.143. The molecule has 0 bridgehead atoms. The molecule has 0 aromatic heterocycles. The second-order valence-corrected chi connectivity index (χ2v) is 1.83. The van der Waals surface area contributed by atoms with Crippen LogP contribution in [0.3, 0.4) is 0 Å². The molecular weight excluding hydrogens is 192 g/mol. The van der Waals surface area contributed by atoms with E-state index in [0.29, 0.717) is 0 Å². The van der Waals surface area contributed by atoms with Gasteiger partial charge >= 0.3 is 0 Å². The maximum Gasteiger partial charge on any atom is 0.0977 e. The van der Waals surface area contributed by atoms with Crippen molar-refractivity contribution in [2.45, 2.75) is 0 Å². The molecule has 0 unspecified atom stereocenters. The van der Waals surface area contributed by atoms with Crippen LogP contribution in [0.4, 0.5) is 0 Å². The van der Waals surface area contributed by atoms with Gasteiger partial charge in [0.2, 0.25) is 0 Å². The van der Waals surface area contributed by atoms with Crippen molar-refractivity contribution in [1.82, 2.24) is 9.80 Å². The maximum absolute atomic E-state index is 3.63. The van der Waals surface area contributed by atoms with Crippen LogP contribution in [0.2, 0.25) is 0 Å². The molecule has 0 aromatic carbocycles. The first-order chi connectivity index (χ1) is 4.36. The maximum atomic E-state index is 3.63. The van der Waals surface area contributed by atoms with Crippen molar-refractivity contribution in [3.8, 4) is 0 Å². The summed E-state index contributed by atoms with van der Waals surface area (Å²) < 4.78 is 0. The molecule has 3 heteroatoms. The molecule has 0 fully saturated rings. The first-order valence-corrected chi connectivity index (χ1v) is 2.82. The zero-order valence-corrected chi connectivity index (χ0v) is 7.45. The minimum atomic E-state index is 0. The van der Waals surface area contributed by atoms with Gasteiger partial charge in [-0.1, -0.05) is 13.2 Å². The minimum absolute atomic E-state index is 0. The van der Waals surface area contributed by atoms with Crippen molar-refractivity contribution in [2.24, 2.45) is 0 Å². The highest BCUT2D eigenvalue weighted by molar-refractivity contribution is 8.93. The topological polar surface area (TPSA) is 6.48 Å². The van der Waals surface area contributed by atoms with Gasteiger partial charge in [0, 0.05) is 12.4 Å². The Hall–Kier alpha value is -0.700. The Labute approximate surface area is 71.9 Å². The molecule has 0 saturated heterocycles. The van der Waals surface area contributed by atoms with Gasteiger partial charge in [-0.15, -0.1) is 17.0 Å². The third kappa shape index (κ3) is 1.92. The standard InChI is InChI=1S/C7H10N2.BrH/c1-3-8-5-6-9(4-2)7-8;/h3-6H,1-2,7H2;1H. The van der Waals surface area contributed by atoms with Crippen LogP contribution in [0.1, 0.15) is 0 Å². The molecule has 56 valence electrons. The van der Waals surface area contributed by atoms with E-state index in [1.165, 1.54) is 0 Å². The molecule has 0 radical (unpaired) electrons. The van der Waals surface area contributed by atoms with Gasteiger partial charge in [-0.3, -0.25) is 0 Å². The van der Waals surface area contributed by atoms with Crippen LogP contribution in [0.5, 0.6) is 0 Å². The van der Waals surface area contributed by atoms with E-state index in [0.717, 1.165) is 6.67 Å². The van der Waals surface area contributed by atoms with Gasteiger partial charge in [0.25, 0.3) is 0 Å². The van der Waals surface area contributed by atoms with Crippen LogP contribution >= 0.6 is 17.0 Å². The molecular formula is C7H11BrN2. The van der Waals surface area contributed by atoms with Gasteiger partial charge in [-0.2, -0.15) is 0 Å². The molecule has 0 amide bonds. The van der Waals surface area contributed by atoms with E-state index in [-0.39, 0.29) is 17.0 Å². The molecule has 0 atom stereocenters. The highest BCUT2D eigenvalue weighted by Gasteiger charge is 2.03. The predicted molar refractivity (Wildman–Crippen MR) is 48.4 cm³/mol. The minimum Gasteiger partial charge on any atom is -0.335 e. The molecule has 2 nitrogen and oxygen atoms in total. The summed E-state index contributed by atoms with van der Waals surface area (Å²) >= 11 is 0. The monoisotopic (exact) mass is 202 g/mol. The number of nitrogens with zero attached hydrogens (tertiary/aromatic N) is 2. The van der Waals surface area contributed by atoms with Crippen molar-refractivity contribution < 1.29 is 0 Å². The van der Waals surface area contributed by atoms with Crippen LogP contribution in [0, 0.1) is 0 Å². The lowest BCUT2D eigenvalue weighted by molar-refractivity contribution is 0.393. The number of halogens is 1. The molecule has 0 N–H and O–H groups in total. The van der Waals surface area contributed by atoms with E-state index in [9.17, 15) is 0 Å². The Morgan fingerprint density at radius 2 is 1.50 bits per heavy atom. The van der Waals surface area contributed by atoms with E-state index in [1.807, 2.05) is 22.2 Å². The summed E-state index contributed by atoms with van der Waals surface area (Å²) in [5.41, 5.74) is 0. The number of hydrogen-bond donors (Lipinski definition) is 0. The molecule has 1 aliphatic heterocycles. The molecule has 0 aliphatic carbocycles. The van der Waals surface area contributed by atoms with Crippen molar-refractivity contribution in [2.75, 3.05) is 6.67 Å². The van der Waals surface area contributed by atoms with E-state index in [4.69, 9.17) is 0 Å². The Morgan fingerprint density at radius 3 is 1.70 bits per heavy atom. The molecule has 10 heavy (non-hydrogen) atoms. The highest BCUT2D eigenvalue weighted by atomic mass is 79.9. The lowest BCUT2D eigenvalue weighted by Crippen LogP contribution is -2.15. The van der Waals surface area contributed by atoms with Crippen LogP contribution in [-0.2, 0) is 0 Å². The normalized spacial score (nSPS) is 14.8.